The summed E-state index contributed by atoms with van der Waals surface area (Å²) in [6.07, 6.45) is 2.22. The number of hydrogen-bond donors (Lipinski definition) is 0. The van der Waals surface area contributed by atoms with Crippen LogP contribution >= 0.6 is 22.7 Å². The van der Waals surface area contributed by atoms with E-state index in [9.17, 15) is 9.59 Å². The van der Waals surface area contributed by atoms with Crippen LogP contribution in [-0.2, 0) is 30.5 Å². The maximum atomic E-state index is 13.4. The topological polar surface area (TPSA) is 121 Å². The van der Waals surface area contributed by atoms with E-state index in [1.165, 1.54) is 11.3 Å². The standard InChI is InChI=1S/C27H26N6O3S2/c1-2-36-26(35)25-23(11-6-13-29-32-28)38-27(31-25)33-14-12-17-7-5-8-18(19(17)16-33)21(34)15-24-30-20-9-3-4-10-22(20)37-24/h3-5,7-10H,2,6,11-16H2,1H3. The summed E-state index contributed by atoms with van der Waals surface area (Å²) in [7, 11) is 0. The van der Waals surface area contributed by atoms with Gasteiger partial charge in [0.15, 0.2) is 16.6 Å². The molecule has 0 aliphatic carbocycles. The van der Waals surface area contributed by atoms with Crippen LogP contribution in [0.4, 0.5) is 5.13 Å². The van der Waals surface area contributed by atoms with Gasteiger partial charge in [0.25, 0.3) is 0 Å². The Hall–Kier alpha value is -3.79. The number of ketones is 1. The third-order valence-electron chi connectivity index (χ3n) is 6.37. The van der Waals surface area contributed by atoms with E-state index < -0.39 is 5.97 Å². The van der Waals surface area contributed by atoms with Crippen LogP contribution in [0.3, 0.4) is 0 Å². The number of esters is 1. The first-order valence-electron chi connectivity index (χ1n) is 12.5. The van der Waals surface area contributed by atoms with E-state index in [1.807, 2.05) is 36.4 Å². The quantitative estimate of drug-likeness (QED) is 0.0586. The Balaban J connectivity index is 1.38. The molecule has 9 nitrogen and oxygen atoms in total. The summed E-state index contributed by atoms with van der Waals surface area (Å²) in [5.41, 5.74) is 12.7. The number of benzene rings is 2. The summed E-state index contributed by atoms with van der Waals surface area (Å²) < 4.78 is 6.31. The van der Waals surface area contributed by atoms with Gasteiger partial charge >= 0.3 is 5.97 Å². The van der Waals surface area contributed by atoms with Crippen LogP contribution in [-0.4, -0.2) is 41.4 Å². The molecule has 0 bridgehead atoms. The number of hydrogen-bond acceptors (Lipinski definition) is 9. The Labute approximate surface area is 227 Å². The van der Waals surface area contributed by atoms with Gasteiger partial charge in [0.1, 0.15) is 5.01 Å². The maximum Gasteiger partial charge on any atom is 0.358 e. The van der Waals surface area contributed by atoms with Gasteiger partial charge in [-0.05, 0) is 55.0 Å². The largest absolute Gasteiger partial charge is 0.461 e. The van der Waals surface area contributed by atoms with E-state index >= 15 is 0 Å². The molecule has 2 aromatic heterocycles. The van der Waals surface area contributed by atoms with Gasteiger partial charge in [-0.2, -0.15) is 0 Å². The number of Topliss-reactive ketones (excluding diaryl/α,β-unsaturated/α-hetero) is 1. The predicted molar refractivity (Wildman–Crippen MR) is 149 cm³/mol. The molecule has 38 heavy (non-hydrogen) atoms. The van der Waals surface area contributed by atoms with E-state index in [1.54, 1.807) is 18.3 Å². The molecule has 0 radical (unpaired) electrons. The first-order valence-corrected chi connectivity index (χ1v) is 14.1. The Morgan fingerprint density at radius 2 is 2.03 bits per heavy atom. The number of aryl methyl sites for hydroxylation is 1. The number of ether oxygens (including phenoxy) is 1. The Morgan fingerprint density at radius 1 is 1.16 bits per heavy atom. The number of para-hydroxylation sites is 1. The Bertz CT molecular complexity index is 1510. The average molecular weight is 547 g/mol. The highest BCUT2D eigenvalue weighted by molar-refractivity contribution is 7.18. The molecule has 0 amide bonds. The van der Waals surface area contributed by atoms with Gasteiger partial charge in [-0.15, -0.1) is 22.7 Å². The second kappa shape index (κ2) is 11.7. The van der Waals surface area contributed by atoms with Crippen molar-refractivity contribution in [2.75, 3.05) is 24.6 Å². The first kappa shape index (κ1) is 25.8. The zero-order valence-corrected chi connectivity index (χ0v) is 22.6. The summed E-state index contributed by atoms with van der Waals surface area (Å²) in [5, 5.41) is 5.13. The number of fused-ring (bicyclic) bond motifs is 2. The lowest BCUT2D eigenvalue weighted by Crippen LogP contribution is -2.31. The smallest absolute Gasteiger partial charge is 0.358 e. The summed E-state index contributed by atoms with van der Waals surface area (Å²) in [6, 6.07) is 13.8. The first-order chi connectivity index (χ1) is 18.6. The number of anilines is 1. The minimum absolute atomic E-state index is 0.0489. The number of thiazole rings is 2. The van der Waals surface area contributed by atoms with Crippen molar-refractivity contribution in [1.82, 2.24) is 9.97 Å². The third-order valence-corrected chi connectivity index (χ3v) is 8.59. The van der Waals surface area contributed by atoms with Crippen molar-refractivity contribution in [3.8, 4) is 0 Å². The third kappa shape index (κ3) is 5.55. The van der Waals surface area contributed by atoms with Crippen LogP contribution < -0.4 is 4.90 Å². The molecule has 0 fully saturated rings. The van der Waals surface area contributed by atoms with Crippen LogP contribution in [0.15, 0.2) is 47.6 Å². The molecule has 1 aliphatic rings. The normalized spacial score (nSPS) is 12.7. The van der Waals surface area contributed by atoms with Crippen molar-refractivity contribution in [3.05, 3.63) is 85.2 Å². The summed E-state index contributed by atoms with van der Waals surface area (Å²) in [6.45, 7) is 3.65. The van der Waals surface area contributed by atoms with E-state index in [2.05, 4.69) is 31.0 Å². The Morgan fingerprint density at radius 3 is 2.84 bits per heavy atom. The molecule has 3 heterocycles. The highest BCUT2D eigenvalue weighted by Gasteiger charge is 2.27. The van der Waals surface area contributed by atoms with E-state index in [-0.39, 0.29) is 18.8 Å². The molecule has 194 valence electrons. The van der Waals surface area contributed by atoms with Crippen molar-refractivity contribution in [1.29, 1.82) is 0 Å². The average Bonchev–Trinajstić information content (AvgIpc) is 3.54. The number of carbonyl (C=O) groups is 2. The fourth-order valence-corrected chi connectivity index (χ4v) is 6.67. The molecule has 0 atom stereocenters. The number of aromatic nitrogens is 2. The molecule has 0 unspecified atom stereocenters. The molecule has 5 rings (SSSR count). The lowest BCUT2D eigenvalue weighted by atomic mass is 9.92. The van der Waals surface area contributed by atoms with Crippen LogP contribution in [0, 0.1) is 0 Å². The lowest BCUT2D eigenvalue weighted by molar-refractivity contribution is 0.0519. The van der Waals surface area contributed by atoms with E-state index in [4.69, 9.17) is 10.3 Å². The minimum atomic E-state index is -0.446. The van der Waals surface area contributed by atoms with Gasteiger partial charge in [0.2, 0.25) is 0 Å². The molecule has 1 aliphatic heterocycles. The Kier molecular flexibility index (Phi) is 7.97. The highest BCUT2D eigenvalue weighted by atomic mass is 32.1. The summed E-state index contributed by atoms with van der Waals surface area (Å²) >= 11 is 3.01. The molecule has 11 heteroatoms. The maximum absolute atomic E-state index is 13.4. The van der Waals surface area contributed by atoms with Gasteiger partial charge in [-0.1, -0.05) is 35.4 Å². The number of nitrogens with zero attached hydrogens (tertiary/aromatic N) is 6. The number of azide groups is 1. The van der Waals surface area contributed by atoms with E-state index in [0.717, 1.165) is 49.3 Å². The monoisotopic (exact) mass is 546 g/mol. The molecular formula is C27H26N6O3S2. The fraction of sp³-hybridized carbons (Fsp3) is 0.333. The van der Waals surface area contributed by atoms with Crippen molar-refractivity contribution >= 4 is 49.8 Å². The molecule has 0 saturated carbocycles. The van der Waals surface area contributed by atoms with Crippen LogP contribution in [0.5, 0.6) is 0 Å². The molecule has 0 spiro atoms. The van der Waals surface area contributed by atoms with E-state index in [0.29, 0.717) is 37.2 Å². The molecule has 0 saturated heterocycles. The second-order valence-corrected chi connectivity index (χ2v) is 11.0. The predicted octanol–water partition coefficient (Wildman–Crippen LogP) is 6.16. The van der Waals surface area contributed by atoms with Crippen LogP contribution in [0.2, 0.25) is 0 Å². The van der Waals surface area contributed by atoms with Gasteiger partial charge in [0.05, 0.1) is 23.2 Å². The second-order valence-electron chi connectivity index (χ2n) is 8.84. The van der Waals surface area contributed by atoms with Gasteiger partial charge in [-0.25, -0.2) is 14.8 Å². The molecule has 4 aromatic rings. The molecular weight excluding hydrogens is 520 g/mol. The van der Waals surface area contributed by atoms with Crippen LogP contribution in [0.25, 0.3) is 20.7 Å². The molecule has 0 N–H and O–H groups in total. The summed E-state index contributed by atoms with van der Waals surface area (Å²) in [5.74, 6) is -0.397. The van der Waals surface area contributed by atoms with Gasteiger partial charge in [0, 0.05) is 35.0 Å². The summed E-state index contributed by atoms with van der Waals surface area (Å²) in [4.78, 5) is 41.1. The van der Waals surface area contributed by atoms with Crippen molar-refractivity contribution < 1.29 is 14.3 Å². The van der Waals surface area contributed by atoms with Gasteiger partial charge in [-0.3, -0.25) is 4.79 Å². The molecule has 2 aromatic carbocycles. The van der Waals surface area contributed by atoms with Crippen LogP contribution in [0.1, 0.15) is 55.2 Å². The van der Waals surface area contributed by atoms with Crippen molar-refractivity contribution in [2.24, 2.45) is 5.11 Å². The fourth-order valence-electron chi connectivity index (χ4n) is 4.59. The zero-order chi connectivity index (χ0) is 26.5. The SMILES string of the molecule is CCOC(=O)c1nc(N2CCc3cccc(C(=O)Cc4nc5ccccc5s4)c3C2)sc1CCCN=[N+]=[N-]. The lowest BCUT2D eigenvalue weighted by Gasteiger charge is -2.29. The van der Waals surface area contributed by atoms with Crippen molar-refractivity contribution in [2.45, 2.75) is 39.2 Å². The highest BCUT2D eigenvalue weighted by Crippen LogP contribution is 2.33. The zero-order valence-electron chi connectivity index (χ0n) is 20.9. The van der Waals surface area contributed by atoms with Gasteiger partial charge < -0.3 is 9.64 Å². The van der Waals surface area contributed by atoms with Crippen molar-refractivity contribution in [3.63, 3.8) is 0 Å². The minimum Gasteiger partial charge on any atom is -0.461 e. The number of carbonyl (C=O) groups excluding carboxylic acids is 2. The number of rotatable bonds is 10.